The predicted octanol–water partition coefficient (Wildman–Crippen LogP) is 0.0892. The zero-order chi connectivity index (χ0) is 11.1. The number of hydrogen-bond donors (Lipinski definition) is 1. The number of rotatable bonds is 2. The van der Waals surface area contributed by atoms with Gasteiger partial charge in [-0.15, -0.1) is 0 Å². The molecule has 2 aliphatic heterocycles. The fraction of sp³-hybridized carbons (Fsp3) is 0.917. The standard InChI is InChI=1S/C12H20N2O2/c1-16-11-2-8(3-11)12(15)14-6-9-4-13-5-10(9)7-14/h8-11,13H,2-7H2,1H3. The third-order valence-corrected chi connectivity index (χ3v) is 4.48. The van der Waals surface area contributed by atoms with E-state index in [1.54, 1.807) is 7.11 Å². The number of hydrogen-bond acceptors (Lipinski definition) is 3. The third-order valence-electron chi connectivity index (χ3n) is 4.48. The van der Waals surface area contributed by atoms with Crippen molar-refractivity contribution in [2.24, 2.45) is 17.8 Å². The minimum Gasteiger partial charge on any atom is -0.381 e. The number of methoxy groups -OCH3 is 1. The summed E-state index contributed by atoms with van der Waals surface area (Å²) < 4.78 is 5.22. The predicted molar refractivity (Wildman–Crippen MR) is 60.0 cm³/mol. The SMILES string of the molecule is COC1CC(C(=O)N2CC3CNCC3C2)C1. The molecule has 4 heteroatoms. The van der Waals surface area contributed by atoms with Crippen molar-refractivity contribution in [3.8, 4) is 0 Å². The highest BCUT2D eigenvalue weighted by Crippen LogP contribution is 2.34. The van der Waals surface area contributed by atoms with Crippen LogP contribution in [0, 0.1) is 17.8 Å². The van der Waals surface area contributed by atoms with Crippen molar-refractivity contribution in [3.63, 3.8) is 0 Å². The normalized spacial score (nSPS) is 41.9. The van der Waals surface area contributed by atoms with Gasteiger partial charge < -0.3 is 15.0 Å². The molecule has 2 heterocycles. The van der Waals surface area contributed by atoms with E-state index < -0.39 is 0 Å². The highest BCUT2D eigenvalue weighted by atomic mass is 16.5. The van der Waals surface area contributed by atoms with Crippen LogP contribution in [-0.2, 0) is 9.53 Å². The molecule has 3 fully saturated rings. The molecule has 2 unspecified atom stereocenters. The van der Waals surface area contributed by atoms with Crippen molar-refractivity contribution in [1.82, 2.24) is 10.2 Å². The molecule has 0 spiro atoms. The first-order valence-corrected chi connectivity index (χ1v) is 6.30. The number of nitrogens with zero attached hydrogens (tertiary/aromatic N) is 1. The molecule has 3 rings (SSSR count). The molecule has 2 atom stereocenters. The molecule has 16 heavy (non-hydrogen) atoms. The van der Waals surface area contributed by atoms with Crippen molar-refractivity contribution in [2.75, 3.05) is 33.3 Å². The Morgan fingerprint density at radius 2 is 1.88 bits per heavy atom. The lowest BCUT2D eigenvalue weighted by Gasteiger charge is -2.35. The molecule has 0 radical (unpaired) electrons. The summed E-state index contributed by atoms with van der Waals surface area (Å²) >= 11 is 0. The van der Waals surface area contributed by atoms with Crippen LogP contribution in [0.3, 0.4) is 0 Å². The number of carbonyl (C=O) groups excluding carboxylic acids is 1. The molecule has 90 valence electrons. The van der Waals surface area contributed by atoms with Gasteiger partial charge in [-0.2, -0.15) is 0 Å². The number of likely N-dealkylation sites (tertiary alicyclic amines) is 1. The Bertz CT molecular complexity index is 277. The topological polar surface area (TPSA) is 41.6 Å². The summed E-state index contributed by atoms with van der Waals surface area (Å²) in [6.07, 6.45) is 2.19. The Hall–Kier alpha value is -0.610. The second-order valence-electron chi connectivity index (χ2n) is 5.45. The lowest BCUT2D eigenvalue weighted by atomic mass is 9.81. The van der Waals surface area contributed by atoms with E-state index in [9.17, 15) is 4.79 Å². The number of carbonyl (C=O) groups is 1. The summed E-state index contributed by atoms with van der Waals surface area (Å²) in [6.45, 7) is 4.15. The van der Waals surface area contributed by atoms with Crippen LogP contribution in [0.15, 0.2) is 0 Å². The molecule has 0 aromatic rings. The van der Waals surface area contributed by atoms with E-state index in [0.29, 0.717) is 23.8 Å². The van der Waals surface area contributed by atoms with E-state index in [0.717, 1.165) is 39.0 Å². The maximum Gasteiger partial charge on any atom is 0.225 e. The van der Waals surface area contributed by atoms with Crippen LogP contribution < -0.4 is 5.32 Å². The molecular formula is C12H20N2O2. The third kappa shape index (κ3) is 1.64. The van der Waals surface area contributed by atoms with Gasteiger partial charge in [-0.25, -0.2) is 0 Å². The lowest BCUT2D eigenvalue weighted by molar-refractivity contribution is -0.142. The first kappa shape index (κ1) is 10.5. The van der Waals surface area contributed by atoms with Crippen molar-refractivity contribution < 1.29 is 9.53 Å². The van der Waals surface area contributed by atoms with Crippen molar-refractivity contribution in [2.45, 2.75) is 18.9 Å². The second-order valence-corrected chi connectivity index (χ2v) is 5.45. The Morgan fingerprint density at radius 1 is 1.25 bits per heavy atom. The van der Waals surface area contributed by atoms with Crippen LogP contribution in [0.1, 0.15) is 12.8 Å². The summed E-state index contributed by atoms with van der Waals surface area (Å²) in [4.78, 5) is 14.3. The molecular weight excluding hydrogens is 204 g/mol. The second kappa shape index (κ2) is 4.00. The monoisotopic (exact) mass is 224 g/mol. The van der Waals surface area contributed by atoms with Crippen molar-refractivity contribution in [3.05, 3.63) is 0 Å². The highest BCUT2D eigenvalue weighted by molar-refractivity contribution is 5.80. The first-order chi connectivity index (χ1) is 7.78. The first-order valence-electron chi connectivity index (χ1n) is 6.30. The number of ether oxygens (including phenoxy) is 1. The van der Waals surface area contributed by atoms with Crippen LogP contribution in [0.4, 0.5) is 0 Å². The van der Waals surface area contributed by atoms with Gasteiger partial charge >= 0.3 is 0 Å². The van der Waals surface area contributed by atoms with E-state index in [1.807, 2.05) is 0 Å². The lowest BCUT2D eigenvalue weighted by Crippen LogP contribution is -2.44. The minimum atomic E-state index is 0.247. The maximum absolute atomic E-state index is 12.2. The van der Waals surface area contributed by atoms with Gasteiger partial charge in [0.1, 0.15) is 0 Å². The summed E-state index contributed by atoms with van der Waals surface area (Å²) in [6, 6.07) is 0. The van der Waals surface area contributed by atoms with E-state index in [1.165, 1.54) is 0 Å². The van der Waals surface area contributed by atoms with Crippen LogP contribution >= 0.6 is 0 Å². The minimum absolute atomic E-state index is 0.247. The summed E-state index contributed by atoms with van der Waals surface area (Å²) in [5.41, 5.74) is 0. The molecule has 1 saturated carbocycles. The van der Waals surface area contributed by atoms with E-state index >= 15 is 0 Å². The quantitative estimate of drug-likeness (QED) is 0.723. The highest BCUT2D eigenvalue weighted by Gasteiger charge is 2.43. The summed E-state index contributed by atoms with van der Waals surface area (Å²) in [7, 11) is 1.73. The Kier molecular flexibility index (Phi) is 2.64. The van der Waals surface area contributed by atoms with Crippen LogP contribution in [-0.4, -0.2) is 50.2 Å². The largest absolute Gasteiger partial charge is 0.381 e. The molecule has 0 aromatic heterocycles. The zero-order valence-corrected chi connectivity index (χ0v) is 9.82. The molecule has 2 saturated heterocycles. The van der Waals surface area contributed by atoms with Crippen LogP contribution in [0.5, 0.6) is 0 Å². The Balaban J connectivity index is 1.53. The summed E-state index contributed by atoms with van der Waals surface area (Å²) in [5, 5.41) is 3.40. The number of nitrogens with one attached hydrogen (secondary N) is 1. The molecule has 4 nitrogen and oxygen atoms in total. The fourth-order valence-electron chi connectivity index (χ4n) is 3.25. The van der Waals surface area contributed by atoms with Gasteiger partial charge in [0, 0.05) is 39.2 Å². The zero-order valence-electron chi connectivity index (χ0n) is 9.82. The molecule has 1 N–H and O–H groups in total. The van der Waals surface area contributed by atoms with Gasteiger partial charge in [-0.05, 0) is 24.7 Å². The average molecular weight is 224 g/mol. The van der Waals surface area contributed by atoms with E-state index in [4.69, 9.17) is 4.74 Å². The average Bonchev–Trinajstić information content (AvgIpc) is 2.74. The van der Waals surface area contributed by atoms with Gasteiger partial charge in [0.15, 0.2) is 0 Å². The van der Waals surface area contributed by atoms with Crippen LogP contribution in [0.25, 0.3) is 0 Å². The van der Waals surface area contributed by atoms with Crippen molar-refractivity contribution >= 4 is 5.91 Å². The van der Waals surface area contributed by atoms with E-state index in [-0.39, 0.29) is 5.92 Å². The molecule has 1 aliphatic carbocycles. The number of amides is 1. The van der Waals surface area contributed by atoms with Gasteiger partial charge in [0.2, 0.25) is 5.91 Å². The number of fused-ring (bicyclic) bond motifs is 1. The Labute approximate surface area is 96.3 Å². The van der Waals surface area contributed by atoms with Gasteiger partial charge in [0.25, 0.3) is 0 Å². The van der Waals surface area contributed by atoms with Crippen molar-refractivity contribution in [1.29, 1.82) is 0 Å². The smallest absolute Gasteiger partial charge is 0.225 e. The maximum atomic E-state index is 12.2. The summed E-state index contributed by atoms with van der Waals surface area (Å²) in [5.74, 6) is 2.05. The molecule has 0 aromatic carbocycles. The Morgan fingerprint density at radius 3 is 2.44 bits per heavy atom. The van der Waals surface area contributed by atoms with Gasteiger partial charge in [-0.3, -0.25) is 4.79 Å². The molecule has 1 amide bonds. The molecule has 3 aliphatic rings. The van der Waals surface area contributed by atoms with E-state index in [2.05, 4.69) is 10.2 Å². The van der Waals surface area contributed by atoms with Gasteiger partial charge in [0.05, 0.1) is 6.10 Å². The van der Waals surface area contributed by atoms with Gasteiger partial charge in [-0.1, -0.05) is 0 Å². The van der Waals surface area contributed by atoms with Crippen LogP contribution in [0.2, 0.25) is 0 Å². The fourth-order valence-corrected chi connectivity index (χ4v) is 3.25. The molecule has 0 bridgehead atoms.